The molecule has 14 heavy (non-hydrogen) atoms. The van der Waals surface area contributed by atoms with Gasteiger partial charge < -0.3 is 11.5 Å². The molecule has 0 aromatic carbocycles. The zero-order valence-corrected chi connectivity index (χ0v) is 9.25. The van der Waals surface area contributed by atoms with Gasteiger partial charge in [0.2, 0.25) is 0 Å². The number of aromatic nitrogens is 1. The number of nitrogens with zero attached hydrogens (tertiary/aromatic N) is 1. The van der Waals surface area contributed by atoms with Crippen molar-refractivity contribution in [3.8, 4) is 0 Å². The Kier molecular flexibility index (Phi) is 3.72. The lowest BCUT2D eigenvalue weighted by Crippen LogP contribution is -2.18. The minimum absolute atomic E-state index is 0.156. The Hall–Kier alpha value is -0.800. The first-order valence-electron chi connectivity index (χ1n) is 4.67. The van der Waals surface area contributed by atoms with Crippen molar-refractivity contribution in [2.75, 3.05) is 5.73 Å². The second kappa shape index (κ2) is 4.62. The number of nitrogen functional groups attached to an aromatic ring is 1. The van der Waals surface area contributed by atoms with Gasteiger partial charge in [0, 0.05) is 12.2 Å². The molecule has 1 heterocycles. The minimum atomic E-state index is 0.156. The van der Waals surface area contributed by atoms with Crippen LogP contribution in [0, 0.1) is 0 Å². The summed E-state index contributed by atoms with van der Waals surface area (Å²) in [4.78, 5) is 4.01. The van der Waals surface area contributed by atoms with Gasteiger partial charge in [0.05, 0.1) is 5.02 Å². The van der Waals surface area contributed by atoms with Gasteiger partial charge in [-0.05, 0) is 30.9 Å². The summed E-state index contributed by atoms with van der Waals surface area (Å²) in [6, 6.07) is 2.01. The van der Waals surface area contributed by atoms with E-state index in [9.17, 15) is 0 Å². The Morgan fingerprint density at radius 1 is 1.50 bits per heavy atom. The number of hydrogen-bond donors (Lipinski definition) is 2. The van der Waals surface area contributed by atoms with Gasteiger partial charge in [0.15, 0.2) is 0 Å². The molecule has 2 atom stereocenters. The maximum absolute atomic E-state index is 5.85. The van der Waals surface area contributed by atoms with Crippen molar-refractivity contribution >= 4 is 17.4 Å². The van der Waals surface area contributed by atoms with E-state index in [0.717, 1.165) is 12.0 Å². The first-order chi connectivity index (χ1) is 6.50. The van der Waals surface area contributed by atoms with Crippen molar-refractivity contribution in [2.45, 2.75) is 32.2 Å². The van der Waals surface area contributed by atoms with Gasteiger partial charge in [-0.2, -0.15) is 0 Å². The highest BCUT2D eigenvalue weighted by atomic mass is 35.5. The largest absolute Gasteiger partial charge is 0.383 e. The van der Waals surface area contributed by atoms with Crippen LogP contribution >= 0.6 is 11.6 Å². The van der Waals surface area contributed by atoms with Crippen LogP contribution in [0.3, 0.4) is 0 Å². The van der Waals surface area contributed by atoms with Crippen LogP contribution < -0.4 is 11.5 Å². The topological polar surface area (TPSA) is 64.9 Å². The molecule has 0 aliphatic carbocycles. The lowest BCUT2D eigenvalue weighted by Gasteiger charge is -2.15. The van der Waals surface area contributed by atoms with Crippen molar-refractivity contribution in [1.29, 1.82) is 0 Å². The maximum atomic E-state index is 5.85. The Labute approximate surface area is 89.5 Å². The number of anilines is 1. The van der Waals surface area contributed by atoms with Crippen LogP contribution in [0.2, 0.25) is 5.02 Å². The van der Waals surface area contributed by atoms with Crippen molar-refractivity contribution < 1.29 is 0 Å². The Bertz CT molecular complexity index is 312. The molecule has 0 amide bonds. The number of hydrogen-bond acceptors (Lipinski definition) is 3. The van der Waals surface area contributed by atoms with E-state index in [0.29, 0.717) is 16.8 Å². The highest BCUT2D eigenvalue weighted by Crippen LogP contribution is 2.26. The average molecular weight is 214 g/mol. The van der Waals surface area contributed by atoms with Gasteiger partial charge >= 0.3 is 0 Å². The number of nitrogens with two attached hydrogens (primary N) is 2. The zero-order valence-electron chi connectivity index (χ0n) is 8.50. The van der Waals surface area contributed by atoms with Gasteiger partial charge in [-0.3, -0.25) is 0 Å². The lowest BCUT2D eigenvalue weighted by atomic mass is 9.95. The molecule has 0 aliphatic heterocycles. The predicted octanol–water partition coefficient (Wildman–Crippen LogP) is 2.16. The zero-order chi connectivity index (χ0) is 10.7. The van der Waals surface area contributed by atoms with E-state index >= 15 is 0 Å². The monoisotopic (exact) mass is 213 g/mol. The molecule has 0 saturated carbocycles. The summed E-state index contributed by atoms with van der Waals surface area (Å²) in [5, 5.41) is 0.616. The van der Waals surface area contributed by atoms with Gasteiger partial charge in [0.1, 0.15) is 5.82 Å². The van der Waals surface area contributed by atoms with E-state index in [-0.39, 0.29) is 6.04 Å². The van der Waals surface area contributed by atoms with Crippen molar-refractivity contribution in [3.05, 3.63) is 22.8 Å². The third kappa shape index (κ3) is 2.86. The molecule has 0 bridgehead atoms. The molecule has 4 N–H and O–H groups in total. The van der Waals surface area contributed by atoms with Gasteiger partial charge in [0.25, 0.3) is 0 Å². The van der Waals surface area contributed by atoms with Crippen LogP contribution in [0.15, 0.2) is 12.3 Å². The van der Waals surface area contributed by atoms with E-state index in [1.54, 1.807) is 6.20 Å². The molecule has 3 nitrogen and oxygen atoms in total. The number of halogens is 1. The molecule has 2 unspecified atom stereocenters. The summed E-state index contributed by atoms with van der Waals surface area (Å²) in [6.07, 6.45) is 2.44. The van der Waals surface area contributed by atoms with Crippen LogP contribution in [-0.4, -0.2) is 11.0 Å². The van der Waals surface area contributed by atoms with Gasteiger partial charge in [-0.15, -0.1) is 0 Å². The third-order valence-corrected chi connectivity index (χ3v) is 2.38. The standard InChI is InChI=1S/C10H16ClN3/c1-6(3-7(2)12)9-4-8(11)5-14-10(9)13/h4-7H,3,12H2,1-2H3,(H2,13,14). The quantitative estimate of drug-likeness (QED) is 0.809. The molecule has 0 saturated heterocycles. The average Bonchev–Trinajstić information content (AvgIpc) is 2.08. The summed E-state index contributed by atoms with van der Waals surface area (Å²) in [5.74, 6) is 0.837. The van der Waals surface area contributed by atoms with Gasteiger partial charge in [-0.25, -0.2) is 4.98 Å². The molecule has 78 valence electrons. The summed E-state index contributed by atoms with van der Waals surface area (Å²) in [7, 11) is 0. The minimum Gasteiger partial charge on any atom is -0.383 e. The Morgan fingerprint density at radius 2 is 2.14 bits per heavy atom. The van der Waals surface area contributed by atoms with E-state index in [4.69, 9.17) is 23.1 Å². The van der Waals surface area contributed by atoms with Crippen molar-refractivity contribution in [2.24, 2.45) is 5.73 Å². The predicted molar refractivity (Wildman–Crippen MR) is 60.3 cm³/mol. The second-order valence-electron chi connectivity index (χ2n) is 3.74. The van der Waals surface area contributed by atoms with Crippen LogP contribution in [0.4, 0.5) is 5.82 Å². The Morgan fingerprint density at radius 3 is 2.71 bits per heavy atom. The normalized spacial score (nSPS) is 15.1. The van der Waals surface area contributed by atoms with E-state index < -0.39 is 0 Å². The highest BCUT2D eigenvalue weighted by Gasteiger charge is 2.12. The van der Waals surface area contributed by atoms with E-state index in [1.807, 2.05) is 13.0 Å². The molecule has 0 spiro atoms. The fourth-order valence-corrected chi connectivity index (χ4v) is 1.71. The molecule has 1 aromatic heterocycles. The first-order valence-corrected chi connectivity index (χ1v) is 5.05. The van der Waals surface area contributed by atoms with Gasteiger partial charge in [-0.1, -0.05) is 18.5 Å². The second-order valence-corrected chi connectivity index (χ2v) is 4.18. The summed E-state index contributed by atoms with van der Waals surface area (Å²) < 4.78 is 0. The van der Waals surface area contributed by atoms with Crippen LogP contribution in [0.1, 0.15) is 31.7 Å². The van der Waals surface area contributed by atoms with Crippen LogP contribution in [-0.2, 0) is 0 Å². The number of rotatable bonds is 3. The molecule has 4 heteroatoms. The maximum Gasteiger partial charge on any atom is 0.126 e. The van der Waals surface area contributed by atoms with E-state index in [2.05, 4.69) is 11.9 Å². The fourth-order valence-electron chi connectivity index (χ4n) is 1.54. The third-order valence-electron chi connectivity index (χ3n) is 2.17. The molecule has 0 aliphatic rings. The summed E-state index contributed by atoms with van der Waals surface area (Å²) in [6.45, 7) is 4.05. The molecule has 1 aromatic rings. The summed E-state index contributed by atoms with van der Waals surface area (Å²) >= 11 is 5.85. The lowest BCUT2D eigenvalue weighted by molar-refractivity contribution is 0.586. The SMILES string of the molecule is CC(N)CC(C)c1cc(Cl)cnc1N. The number of pyridine rings is 1. The van der Waals surface area contributed by atoms with Crippen molar-refractivity contribution in [3.63, 3.8) is 0 Å². The Balaban J connectivity index is 2.88. The fraction of sp³-hybridized carbons (Fsp3) is 0.500. The molecular weight excluding hydrogens is 198 g/mol. The smallest absolute Gasteiger partial charge is 0.126 e. The molecule has 1 rings (SSSR count). The van der Waals surface area contributed by atoms with E-state index in [1.165, 1.54) is 0 Å². The van der Waals surface area contributed by atoms with Crippen LogP contribution in [0.5, 0.6) is 0 Å². The molecule has 0 radical (unpaired) electrons. The molecular formula is C10H16ClN3. The highest BCUT2D eigenvalue weighted by molar-refractivity contribution is 6.30. The van der Waals surface area contributed by atoms with Crippen molar-refractivity contribution in [1.82, 2.24) is 4.98 Å². The first kappa shape index (κ1) is 11.3. The molecule has 0 fully saturated rings. The summed E-state index contributed by atoms with van der Waals surface area (Å²) in [5.41, 5.74) is 12.5. The van der Waals surface area contributed by atoms with Crippen LogP contribution in [0.25, 0.3) is 0 Å².